The van der Waals surface area contributed by atoms with Crippen LogP contribution in [0.5, 0.6) is 0 Å². The van der Waals surface area contributed by atoms with Gasteiger partial charge in [0.25, 0.3) is 0 Å². The number of nitrogens with one attached hydrogen (secondary N) is 1. The van der Waals surface area contributed by atoms with Gasteiger partial charge in [0.1, 0.15) is 5.82 Å². The molecule has 1 aromatic rings. The Morgan fingerprint density at radius 1 is 1.26 bits per heavy atom. The van der Waals surface area contributed by atoms with E-state index in [1.807, 2.05) is 6.07 Å². The second-order valence-corrected chi connectivity index (χ2v) is 5.65. The summed E-state index contributed by atoms with van der Waals surface area (Å²) in [6.07, 6.45) is 6.25. The van der Waals surface area contributed by atoms with Gasteiger partial charge in [0.15, 0.2) is 0 Å². The predicted octanol–water partition coefficient (Wildman–Crippen LogP) is 3.76. The highest BCUT2D eigenvalue weighted by atomic mass is 19.1. The van der Waals surface area contributed by atoms with E-state index < -0.39 is 0 Å². The van der Waals surface area contributed by atoms with E-state index in [1.54, 1.807) is 6.07 Å². The molecule has 1 fully saturated rings. The van der Waals surface area contributed by atoms with Crippen molar-refractivity contribution in [2.24, 2.45) is 5.92 Å². The molecule has 1 saturated carbocycles. The topological polar surface area (TPSA) is 35.8 Å². The summed E-state index contributed by atoms with van der Waals surface area (Å²) < 4.78 is 13.3. The molecule has 19 heavy (non-hydrogen) atoms. The molecule has 0 saturated heterocycles. The van der Waals surface area contributed by atoms with Gasteiger partial charge in [0, 0.05) is 12.6 Å². The number of rotatable bonds is 3. The first-order chi connectivity index (χ1) is 9.17. The van der Waals surface area contributed by atoms with E-state index in [0.717, 1.165) is 11.5 Å². The van der Waals surface area contributed by atoms with Gasteiger partial charge in [-0.2, -0.15) is 5.26 Å². The highest BCUT2D eigenvalue weighted by molar-refractivity contribution is 5.33. The first kappa shape index (κ1) is 14.0. The summed E-state index contributed by atoms with van der Waals surface area (Å²) in [6, 6.07) is 7.06. The summed E-state index contributed by atoms with van der Waals surface area (Å²) in [6.45, 7) is 2.96. The Kier molecular flexibility index (Phi) is 4.93. The molecule has 1 aromatic carbocycles. The third-order valence-corrected chi connectivity index (χ3v) is 3.94. The van der Waals surface area contributed by atoms with Crippen molar-refractivity contribution in [3.63, 3.8) is 0 Å². The number of hydrogen-bond donors (Lipinski definition) is 1. The van der Waals surface area contributed by atoms with Gasteiger partial charge in [-0.25, -0.2) is 4.39 Å². The molecule has 2 atom stereocenters. The lowest BCUT2D eigenvalue weighted by Crippen LogP contribution is -2.28. The SMILES string of the molecule is CC1CCCC(NCc2cc(F)cc(C#N)c2)CC1. The van der Waals surface area contributed by atoms with Crippen LogP contribution in [-0.4, -0.2) is 6.04 Å². The molecule has 2 nitrogen and oxygen atoms in total. The van der Waals surface area contributed by atoms with Crippen molar-refractivity contribution in [3.8, 4) is 6.07 Å². The molecule has 0 heterocycles. The van der Waals surface area contributed by atoms with Crippen molar-refractivity contribution < 1.29 is 4.39 Å². The monoisotopic (exact) mass is 260 g/mol. The summed E-state index contributed by atoms with van der Waals surface area (Å²) in [4.78, 5) is 0. The minimum Gasteiger partial charge on any atom is -0.310 e. The minimum atomic E-state index is -0.328. The molecule has 0 aromatic heterocycles. The van der Waals surface area contributed by atoms with Gasteiger partial charge < -0.3 is 5.32 Å². The van der Waals surface area contributed by atoms with Gasteiger partial charge in [-0.05, 0) is 48.9 Å². The van der Waals surface area contributed by atoms with Gasteiger partial charge in [-0.1, -0.05) is 19.8 Å². The number of halogens is 1. The van der Waals surface area contributed by atoms with Crippen molar-refractivity contribution in [1.29, 1.82) is 5.26 Å². The Bertz CT molecular complexity index is 464. The van der Waals surface area contributed by atoms with E-state index in [2.05, 4.69) is 12.2 Å². The predicted molar refractivity (Wildman–Crippen MR) is 74.0 cm³/mol. The van der Waals surface area contributed by atoms with Crippen LogP contribution in [0.15, 0.2) is 18.2 Å². The van der Waals surface area contributed by atoms with E-state index in [0.29, 0.717) is 18.2 Å². The van der Waals surface area contributed by atoms with Crippen molar-refractivity contribution in [2.45, 2.75) is 51.6 Å². The van der Waals surface area contributed by atoms with E-state index in [1.165, 1.54) is 44.2 Å². The molecule has 2 rings (SSSR count). The molecule has 2 unspecified atom stereocenters. The molecular weight excluding hydrogens is 239 g/mol. The van der Waals surface area contributed by atoms with E-state index >= 15 is 0 Å². The van der Waals surface area contributed by atoms with Gasteiger partial charge in [0.05, 0.1) is 11.6 Å². The Hall–Kier alpha value is -1.40. The molecule has 102 valence electrons. The Balaban J connectivity index is 1.91. The van der Waals surface area contributed by atoms with Crippen molar-refractivity contribution in [1.82, 2.24) is 5.32 Å². The maximum Gasteiger partial charge on any atom is 0.124 e. The molecule has 1 aliphatic rings. The fourth-order valence-corrected chi connectivity index (χ4v) is 2.77. The lowest BCUT2D eigenvalue weighted by molar-refractivity contribution is 0.446. The smallest absolute Gasteiger partial charge is 0.124 e. The lowest BCUT2D eigenvalue weighted by Gasteiger charge is -2.16. The van der Waals surface area contributed by atoms with Crippen LogP contribution >= 0.6 is 0 Å². The number of hydrogen-bond acceptors (Lipinski definition) is 2. The summed E-state index contributed by atoms with van der Waals surface area (Å²) in [5.41, 5.74) is 1.25. The maximum absolute atomic E-state index is 13.3. The average molecular weight is 260 g/mol. The first-order valence-corrected chi connectivity index (χ1v) is 7.10. The summed E-state index contributed by atoms with van der Waals surface area (Å²) >= 11 is 0. The van der Waals surface area contributed by atoms with Gasteiger partial charge in [-0.3, -0.25) is 0 Å². The maximum atomic E-state index is 13.3. The molecule has 0 bridgehead atoms. The zero-order valence-electron chi connectivity index (χ0n) is 11.5. The summed E-state index contributed by atoms with van der Waals surface area (Å²) in [7, 11) is 0. The second-order valence-electron chi connectivity index (χ2n) is 5.65. The quantitative estimate of drug-likeness (QED) is 0.840. The Morgan fingerprint density at radius 2 is 2.11 bits per heavy atom. The highest BCUT2D eigenvalue weighted by Crippen LogP contribution is 2.22. The molecule has 3 heteroatoms. The molecular formula is C16H21FN2. The zero-order chi connectivity index (χ0) is 13.7. The van der Waals surface area contributed by atoms with Crippen LogP contribution in [0.3, 0.4) is 0 Å². The lowest BCUT2D eigenvalue weighted by atomic mass is 10.0. The number of nitrogens with zero attached hydrogens (tertiary/aromatic N) is 1. The summed E-state index contributed by atoms with van der Waals surface area (Å²) in [5, 5.41) is 12.3. The Labute approximate surface area is 114 Å². The largest absolute Gasteiger partial charge is 0.310 e. The minimum absolute atomic E-state index is 0.328. The number of benzene rings is 1. The average Bonchev–Trinajstić information content (AvgIpc) is 2.60. The van der Waals surface area contributed by atoms with Crippen LogP contribution in [0, 0.1) is 23.1 Å². The Morgan fingerprint density at radius 3 is 2.89 bits per heavy atom. The fraction of sp³-hybridized carbons (Fsp3) is 0.562. The van der Waals surface area contributed by atoms with Gasteiger partial charge >= 0.3 is 0 Å². The normalized spacial score (nSPS) is 23.6. The van der Waals surface area contributed by atoms with E-state index in [9.17, 15) is 4.39 Å². The van der Waals surface area contributed by atoms with Crippen LogP contribution in [0.25, 0.3) is 0 Å². The van der Waals surface area contributed by atoms with Crippen LogP contribution in [0.1, 0.15) is 50.2 Å². The van der Waals surface area contributed by atoms with Crippen molar-refractivity contribution in [3.05, 3.63) is 35.1 Å². The van der Waals surface area contributed by atoms with E-state index in [4.69, 9.17) is 5.26 Å². The molecule has 0 radical (unpaired) electrons. The molecule has 1 N–H and O–H groups in total. The third kappa shape index (κ3) is 4.33. The van der Waals surface area contributed by atoms with Crippen LogP contribution in [0.2, 0.25) is 0 Å². The zero-order valence-corrected chi connectivity index (χ0v) is 11.5. The van der Waals surface area contributed by atoms with Gasteiger partial charge in [-0.15, -0.1) is 0 Å². The first-order valence-electron chi connectivity index (χ1n) is 7.10. The standard InChI is InChI=1S/C16H21FN2/c1-12-3-2-4-16(6-5-12)19-11-14-7-13(10-18)8-15(17)9-14/h7-9,12,16,19H,2-6,11H2,1H3. The molecule has 0 amide bonds. The highest BCUT2D eigenvalue weighted by Gasteiger charge is 2.15. The van der Waals surface area contributed by atoms with Gasteiger partial charge in [0.2, 0.25) is 0 Å². The van der Waals surface area contributed by atoms with E-state index in [-0.39, 0.29) is 5.82 Å². The third-order valence-electron chi connectivity index (χ3n) is 3.94. The summed E-state index contributed by atoms with van der Waals surface area (Å²) in [5.74, 6) is 0.497. The molecule has 0 aliphatic heterocycles. The fourth-order valence-electron chi connectivity index (χ4n) is 2.77. The van der Waals surface area contributed by atoms with Crippen LogP contribution in [0.4, 0.5) is 4.39 Å². The van der Waals surface area contributed by atoms with Crippen molar-refractivity contribution in [2.75, 3.05) is 0 Å². The van der Waals surface area contributed by atoms with Crippen LogP contribution in [-0.2, 0) is 6.54 Å². The molecule has 0 spiro atoms. The molecule has 1 aliphatic carbocycles. The number of nitriles is 1. The van der Waals surface area contributed by atoms with Crippen LogP contribution < -0.4 is 5.32 Å². The van der Waals surface area contributed by atoms with Crippen molar-refractivity contribution >= 4 is 0 Å². The second kappa shape index (κ2) is 6.68.